The lowest BCUT2D eigenvalue weighted by Crippen LogP contribution is -2.61. The van der Waals surface area contributed by atoms with Gasteiger partial charge in [-0.25, -0.2) is 4.85 Å². The summed E-state index contributed by atoms with van der Waals surface area (Å²) in [6, 6.07) is 67.4. The van der Waals surface area contributed by atoms with Gasteiger partial charge in [-0.05, 0) is 149 Å². The van der Waals surface area contributed by atoms with E-state index in [2.05, 4.69) is 160 Å². The molecule has 12 rings (SSSR count). The first kappa shape index (κ1) is 35.8. The maximum absolute atomic E-state index is 10.3. The van der Waals surface area contributed by atoms with Gasteiger partial charge in [0.2, 0.25) is 0 Å². The summed E-state index contributed by atoms with van der Waals surface area (Å²) in [5.41, 5.74) is 11.8. The first-order chi connectivity index (χ1) is 31.0. The highest BCUT2D eigenvalue weighted by Crippen LogP contribution is 2.48. The fourth-order valence-electron chi connectivity index (χ4n) is 9.93. The Bertz CT molecular complexity index is 3590. The second kappa shape index (κ2) is 13.7. The number of benzene rings is 10. The molecule has 0 atom stereocenters. The number of rotatable bonds is 3. The topological polar surface area (TPSA) is 82.2 Å². The number of anilines is 6. The summed E-state index contributed by atoms with van der Waals surface area (Å²) in [7, 11) is 0. The third-order valence-electron chi connectivity index (χ3n) is 12.7. The van der Waals surface area contributed by atoms with Crippen LogP contribution >= 0.6 is 0 Å². The van der Waals surface area contributed by atoms with E-state index in [0.29, 0.717) is 33.8 Å². The number of hydrogen-bond donors (Lipinski definition) is 0. The maximum atomic E-state index is 10.3. The molecule has 6 nitrogen and oxygen atoms in total. The number of fused-ring (bicyclic) bond motifs is 8. The van der Waals surface area contributed by atoms with Gasteiger partial charge in [0.25, 0.3) is 6.71 Å². The number of nitriles is 3. The molecule has 286 valence electrons. The van der Waals surface area contributed by atoms with Crippen LogP contribution < -0.4 is 26.2 Å². The Morgan fingerprint density at radius 1 is 0.397 bits per heavy atom. The van der Waals surface area contributed by atoms with Crippen LogP contribution in [-0.2, 0) is 0 Å². The highest BCUT2D eigenvalue weighted by molar-refractivity contribution is 7.00. The van der Waals surface area contributed by atoms with Crippen molar-refractivity contribution in [3.63, 3.8) is 0 Å². The summed E-state index contributed by atoms with van der Waals surface area (Å²) in [5, 5.41) is 39.8. The van der Waals surface area contributed by atoms with E-state index < -0.39 is 0 Å². The lowest BCUT2D eigenvalue weighted by molar-refractivity contribution is 1.25. The largest absolute Gasteiger partial charge is 0.313 e. The highest BCUT2D eigenvalue weighted by atomic mass is 15.2. The van der Waals surface area contributed by atoms with Gasteiger partial charge >= 0.3 is 0 Å². The van der Waals surface area contributed by atoms with Crippen LogP contribution in [0, 0.1) is 40.6 Å². The number of nitrogens with zero attached hydrogens (tertiary/aromatic N) is 6. The monoisotopic (exact) mass is 796 g/mol. The molecule has 0 unspecified atom stereocenters. The summed E-state index contributed by atoms with van der Waals surface area (Å²) >= 11 is 0. The maximum Gasteiger partial charge on any atom is 0.252 e. The van der Waals surface area contributed by atoms with E-state index in [-0.39, 0.29) is 6.71 Å². The molecule has 10 aromatic carbocycles. The average Bonchev–Trinajstić information content (AvgIpc) is 3.33. The Labute approximate surface area is 363 Å². The molecule has 10 aromatic rings. The van der Waals surface area contributed by atoms with Crippen LogP contribution in [0.1, 0.15) is 16.7 Å². The molecule has 0 radical (unpaired) electrons. The molecule has 63 heavy (non-hydrogen) atoms. The SMILES string of the molecule is [C-]#[N+]c1cc(C#N)cc(N2c3cc4ccccc4cc3B3c4cc5ccccc5cc4N(c4cc(C#N)cc(C#N)c4)c4cc(-c5ccc6cc7ccccc7cc6c5)cc2c43)c1. The molecular formula is C56H29BN6. The molecule has 0 saturated heterocycles. The molecule has 2 aliphatic heterocycles. The molecule has 0 aromatic heterocycles. The van der Waals surface area contributed by atoms with Crippen molar-refractivity contribution in [2.75, 3.05) is 9.80 Å². The summed E-state index contributed by atoms with van der Waals surface area (Å²) in [4.78, 5) is 8.27. The van der Waals surface area contributed by atoms with Crippen molar-refractivity contribution in [3.05, 3.63) is 204 Å². The molecule has 0 aliphatic carbocycles. The van der Waals surface area contributed by atoms with Gasteiger partial charge in [-0.2, -0.15) is 15.8 Å². The zero-order valence-corrected chi connectivity index (χ0v) is 33.5. The molecule has 2 aliphatic rings. The predicted molar refractivity (Wildman–Crippen MR) is 256 cm³/mol. The van der Waals surface area contributed by atoms with Gasteiger partial charge in [-0.3, -0.25) is 0 Å². The minimum atomic E-state index is -0.243. The van der Waals surface area contributed by atoms with Crippen molar-refractivity contribution in [2.24, 2.45) is 0 Å². The zero-order valence-electron chi connectivity index (χ0n) is 33.5. The van der Waals surface area contributed by atoms with E-state index in [1.165, 1.54) is 5.39 Å². The number of hydrogen-bond acceptors (Lipinski definition) is 5. The molecule has 2 heterocycles. The molecule has 0 N–H and O–H groups in total. The lowest BCUT2D eigenvalue weighted by atomic mass is 9.33. The van der Waals surface area contributed by atoms with E-state index in [9.17, 15) is 15.8 Å². The molecule has 0 saturated carbocycles. The quantitative estimate of drug-likeness (QED) is 0.101. The Kier molecular flexibility index (Phi) is 7.78. The normalized spacial score (nSPS) is 12.3. The minimum Gasteiger partial charge on any atom is -0.313 e. The highest BCUT2D eigenvalue weighted by Gasteiger charge is 2.44. The van der Waals surface area contributed by atoms with Crippen molar-refractivity contribution in [2.45, 2.75) is 0 Å². The molecular weight excluding hydrogens is 767 g/mol. The standard InChI is InChI=1S/C56H29BN6/c1-61-47-17-36(33-60)20-49(30-47)63-53-27-42-13-7-5-11-40(42)25-51(53)57-50-24-39-10-4-6-12-41(39)26-52(50)62(48-18-34(31-58)16-35(19-48)32-59)54-28-46(29-55(63)56(54)57)44-15-14-43-21-37-8-2-3-9-38(37)22-45(43)23-44/h2-30H. The van der Waals surface area contributed by atoms with Crippen LogP contribution in [0.15, 0.2) is 176 Å². The Balaban J connectivity index is 1.24. The average molecular weight is 797 g/mol. The van der Waals surface area contributed by atoms with Crippen LogP contribution in [0.3, 0.4) is 0 Å². The van der Waals surface area contributed by atoms with Crippen molar-refractivity contribution >= 4 is 106 Å². The minimum absolute atomic E-state index is 0.243. The zero-order chi connectivity index (χ0) is 42.3. The van der Waals surface area contributed by atoms with Crippen LogP contribution in [0.4, 0.5) is 39.8 Å². The molecule has 0 spiro atoms. The van der Waals surface area contributed by atoms with Gasteiger partial charge in [-0.15, -0.1) is 0 Å². The second-order valence-electron chi connectivity index (χ2n) is 16.3. The molecule has 0 amide bonds. The van der Waals surface area contributed by atoms with Crippen molar-refractivity contribution < 1.29 is 0 Å². The van der Waals surface area contributed by atoms with Crippen molar-refractivity contribution in [1.82, 2.24) is 0 Å². The fraction of sp³-hybridized carbons (Fsp3) is 0. The summed E-state index contributed by atoms with van der Waals surface area (Å²) in [6.07, 6.45) is 0. The summed E-state index contributed by atoms with van der Waals surface area (Å²) in [6.45, 7) is 7.83. The van der Waals surface area contributed by atoms with Gasteiger partial charge in [0, 0.05) is 39.7 Å². The second-order valence-corrected chi connectivity index (χ2v) is 16.3. The lowest BCUT2D eigenvalue weighted by Gasteiger charge is -2.45. The van der Waals surface area contributed by atoms with E-state index >= 15 is 0 Å². The van der Waals surface area contributed by atoms with Crippen molar-refractivity contribution in [1.29, 1.82) is 15.8 Å². The third-order valence-corrected chi connectivity index (χ3v) is 12.7. The van der Waals surface area contributed by atoms with E-state index in [0.717, 1.165) is 88.0 Å². The summed E-state index contributed by atoms with van der Waals surface area (Å²) < 4.78 is 0. The predicted octanol–water partition coefficient (Wildman–Crippen LogP) is 12.2. The van der Waals surface area contributed by atoms with E-state index in [1.807, 2.05) is 36.4 Å². The van der Waals surface area contributed by atoms with Gasteiger partial charge in [0.15, 0.2) is 5.69 Å². The van der Waals surface area contributed by atoms with Gasteiger partial charge in [0.1, 0.15) is 0 Å². The van der Waals surface area contributed by atoms with Gasteiger partial charge < -0.3 is 9.80 Å². The molecule has 7 heteroatoms. The summed E-state index contributed by atoms with van der Waals surface area (Å²) in [5.74, 6) is 0. The van der Waals surface area contributed by atoms with Crippen LogP contribution in [0.5, 0.6) is 0 Å². The first-order valence-electron chi connectivity index (χ1n) is 20.6. The molecule has 0 fully saturated rings. The third kappa shape index (κ3) is 5.56. The Morgan fingerprint density at radius 3 is 1.35 bits per heavy atom. The van der Waals surface area contributed by atoms with Gasteiger partial charge in [-0.1, -0.05) is 97.1 Å². The van der Waals surface area contributed by atoms with Crippen LogP contribution in [-0.4, -0.2) is 6.71 Å². The van der Waals surface area contributed by atoms with Crippen LogP contribution in [0.25, 0.3) is 59.1 Å². The molecule has 0 bridgehead atoms. The van der Waals surface area contributed by atoms with E-state index in [4.69, 9.17) is 6.57 Å². The Hall–Kier alpha value is -9.14. The fourth-order valence-corrected chi connectivity index (χ4v) is 9.93. The first-order valence-corrected chi connectivity index (χ1v) is 20.6. The van der Waals surface area contributed by atoms with Gasteiger partial charge in [0.05, 0.1) is 35.9 Å². The van der Waals surface area contributed by atoms with E-state index in [1.54, 1.807) is 12.1 Å². The smallest absolute Gasteiger partial charge is 0.252 e. The van der Waals surface area contributed by atoms with Crippen molar-refractivity contribution in [3.8, 4) is 29.3 Å². The van der Waals surface area contributed by atoms with Crippen LogP contribution in [0.2, 0.25) is 0 Å². The Morgan fingerprint density at radius 2 is 0.841 bits per heavy atom.